The van der Waals surface area contributed by atoms with Gasteiger partial charge in [-0.2, -0.15) is 0 Å². The average molecular weight is 1010 g/mol. The minimum absolute atomic E-state index is 0.288. The fourth-order valence-corrected chi connectivity index (χ4v) is 8.32. The molecule has 0 unspecified atom stereocenters. The van der Waals surface area contributed by atoms with Gasteiger partial charge in [0, 0.05) is 13.8 Å². The highest BCUT2D eigenvalue weighted by Crippen LogP contribution is 2.35. The van der Waals surface area contributed by atoms with Gasteiger partial charge in [-0.3, -0.25) is 14.4 Å². The molecule has 5 aliphatic rings. The van der Waals surface area contributed by atoms with Crippen LogP contribution in [0.2, 0.25) is 0 Å². The van der Waals surface area contributed by atoms with Crippen molar-refractivity contribution < 1.29 is 138 Å². The van der Waals surface area contributed by atoms with E-state index in [1.54, 1.807) is 0 Å². The summed E-state index contributed by atoms with van der Waals surface area (Å²) in [6.07, 6.45) is -41.8. The lowest BCUT2D eigenvalue weighted by Crippen LogP contribution is -2.69. The number of nitrogens with one attached hydrogen (secondary N) is 3. The number of amides is 3. The standard InChI is InChI=1S/C38H65N3O28/c1-11(48)40-19-24(53)21(50)14(4-43)62-34(19)61-9-18-22(51)25(54)20(41-12(2)49)35(66-18)69-33-23(52)15(5-44)63-38(30(33)59)68-32-17(7-46)65-37(29(58)27(32)56)67-31-16(6-45)64-36(28(57)26(31)55)60-8-13(3-42)39-10-47/h10,13-38,42-46,50-59H,3-9H2,1-2H3,(H,39,47)(H,40,48)(H,41,49)/t13-,14-,15-,16-,17-,18-,19-,20-,21-,22+,23+,24-,25-,26-,27-,28-,29-,30-,31-,32+,33+,34-,35+,36-,37+,38-/m1/s1. The summed E-state index contributed by atoms with van der Waals surface area (Å²) in [4.78, 5) is 35.0. The third kappa shape index (κ3) is 13.3. The van der Waals surface area contributed by atoms with Gasteiger partial charge in [0.2, 0.25) is 18.2 Å². The van der Waals surface area contributed by atoms with Gasteiger partial charge in [0.1, 0.15) is 122 Å². The van der Waals surface area contributed by atoms with Crippen molar-refractivity contribution in [2.75, 3.05) is 46.2 Å². The second kappa shape index (κ2) is 25.9. The summed E-state index contributed by atoms with van der Waals surface area (Å²) in [6.45, 7) is -3.27. The minimum atomic E-state index is -2.17. The summed E-state index contributed by atoms with van der Waals surface area (Å²) in [7, 11) is 0. The molecule has 400 valence electrons. The van der Waals surface area contributed by atoms with Crippen molar-refractivity contribution in [1.29, 1.82) is 0 Å². The van der Waals surface area contributed by atoms with E-state index in [-0.39, 0.29) is 6.41 Å². The molecule has 0 spiro atoms. The van der Waals surface area contributed by atoms with Crippen molar-refractivity contribution in [3.05, 3.63) is 0 Å². The summed E-state index contributed by atoms with van der Waals surface area (Å²) in [5.41, 5.74) is 0. The Bertz CT molecular complexity index is 1610. The molecule has 3 amide bonds. The van der Waals surface area contributed by atoms with E-state index < -0.39 is 218 Å². The Morgan fingerprint density at radius 2 is 0.899 bits per heavy atom. The van der Waals surface area contributed by atoms with Crippen molar-refractivity contribution >= 4 is 18.2 Å². The molecule has 31 heteroatoms. The quantitative estimate of drug-likeness (QED) is 0.0475. The Balaban J connectivity index is 1.30. The Labute approximate surface area is 391 Å². The second-order valence-electron chi connectivity index (χ2n) is 16.9. The van der Waals surface area contributed by atoms with E-state index in [1.165, 1.54) is 0 Å². The highest BCUT2D eigenvalue weighted by molar-refractivity contribution is 5.73. The van der Waals surface area contributed by atoms with Crippen LogP contribution in [0.25, 0.3) is 0 Å². The number of aliphatic hydroxyl groups is 15. The monoisotopic (exact) mass is 1010 g/mol. The number of carbonyl (C=O) groups excluding carboxylic acids is 3. The van der Waals surface area contributed by atoms with Crippen LogP contribution >= 0.6 is 0 Å². The highest BCUT2D eigenvalue weighted by Gasteiger charge is 2.56. The smallest absolute Gasteiger partial charge is 0.217 e. The van der Waals surface area contributed by atoms with Gasteiger partial charge in [-0.1, -0.05) is 0 Å². The maximum Gasteiger partial charge on any atom is 0.217 e. The summed E-state index contributed by atoms with van der Waals surface area (Å²) >= 11 is 0. The predicted molar refractivity (Wildman–Crippen MR) is 214 cm³/mol. The molecule has 5 rings (SSSR count). The molecule has 5 saturated heterocycles. The number of carbonyl (C=O) groups is 3. The van der Waals surface area contributed by atoms with Gasteiger partial charge in [-0.25, -0.2) is 0 Å². The summed E-state index contributed by atoms with van der Waals surface area (Å²) in [5, 5.41) is 167. The molecule has 0 bridgehead atoms. The zero-order chi connectivity index (χ0) is 51.0. The lowest BCUT2D eigenvalue weighted by molar-refractivity contribution is -0.387. The second-order valence-corrected chi connectivity index (χ2v) is 16.9. The maximum absolute atomic E-state index is 12.3. The molecule has 69 heavy (non-hydrogen) atoms. The zero-order valence-corrected chi connectivity index (χ0v) is 37.1. The van der Waals surface area contributed by atoms with Crippen LogP contribution in [-0.4, -0.2) is 301 Å². The van der Waals surface area contributed by atoms with Gasteiger partial charge in [0.15, 0.2) is 31.5 Å². The van der Waals surface area contributed by atoms with Gasteiger partial charge in [0.05, 0.1) is 52.3 Å². The van der Waals surface area contributed by atoms with Crippen LogP contribution in [0.3, 0.4) is 0 Å². The fourth-order valence-electron chi connectivity index (χ4n) is 8.32. The van der Waals surface area contributed by atoms with Crippen LogP contribution in [0.15, 0.2) is 0 Å². The largest absolute Gasteiger partial charge is 0.394 e. The van der Waals surface area contributed by atoms with Crippen molar-refractivity contribution in [1.82, 2.24) is 16.0 Å². The van der Waals surface area contributed by atoms with Gasteiger partial charge in [-0.05, 0) is 0 Å². The molecule has 31 nitrogen and oxygen atoms in total. The Kier molecular flexibility index (Phi) is 21.5. The topological polar surface area (TPSA) is 483 Å². The van der Waals surface area contributed by atoms with E-state index in [2.05, 4.69) is 16.0 Å². The molecule has 0 radical (unpaired) electrons. The van der Waals surface area contributed by atoms with E-state index >= 15 is 0 Å². The molecule has 0 saturated carbocycles. The SMILES string of the molecule is CC(=O)N[C@H]1[C@H](O[C@H]2[C@@H](O)[C@@H](CO)O[C@H](O[C@@H]3[C@H](O)[C@@H](O)[C@H](O[C@H]4[C@H](O)[C@@H](O)[C@H](OC[C@@H](CO)NC=O)O[C@@H]4CO)O[C@@H]3CO)[C@@H]2O)O[C@H](CO[C@@H]2O[C@H](CO)[C@@H](O)[C@H](O)[C@H]2NC(C)=O)[C@H](O)[C@@H]1O. The van der Waals surface area contributed by atoms with E-state index in [0.717, 1.165) is 13.8 Å². The van der Waals surface area contributed by atoms with Crippen LogP contribution in [0.4, 0.5) is 0 Å². The molecule has 5 heterocycles. The van der Waals surface area contributed by atoms with Gasteiger partial charge >= 0.3 is 0 Å². The molecule has 0 aromatic rings. The predicted octanol–water partition coefficient (Wildman–Crippen LogP) is -12.5. The van der Waals surface area contributed by atoms with E-state index in [1.807, 2.05) is 0 Å². The van der Waals surface area contributed by atoms with Crippen molar-refractivity contribution in [3.63, 3.8) is 0 Å². The van der Waals surface area contributed by atoms with Crippen molar-refractivity contribution in [2.24, 2.45) is 0 Å². The maximum atomic E-state index is 12.3. The molecule has 18 N–H and O–H groups in total. The number of aliphatic hydroxyl groups excluding tert-OH is 15. The van der Waals surface area contributed by atoms with Crippen LogP contribution in [0, 0.1) is 0 Å². The van der Waals surface area contributed by atoms with Crippen molar-refractivity contribution in [3.8, 4) is 0 Å². The molecular formula is C38H65N3O28. The molecule has 0 aromatic carbocycles. The van der Waals surface area contributed by atoms with Crippen LogP contribution in [-0.2, 0) is 61.8 Å². The third-order valence-electron chi connectivity index (χ3n) is 12.1. The Hall–Kier alpha value is -2.59. The first-order valence-electron chi connectivity index (χ1n) is 21.8. The van der Waals surface area contributed by atoms with Gasteiger partial charge in [-0.15, -0.1) is 0 Å². The van der Waals surface area contributed by atoms with Gasteiger partial charge < -0.3 is 140 Å². The molecule has 26 atom stereocenters. The first kappa shape index (κ1) is 57.3. The summed E-state index contributed by atoms with van der Waals surface area (Å²) in [6, 6.07) is -4.03. The average Bonchev–Trinajstić information content (AvgIpc) is 3.32. The van der Waals surface area contributed by atoms with E-state index in [0.29, 0.717) is 0 Å². The Morgan fingerprint density at radius 3 is 1.41 bits per heavy atom. The lowest BCUT2D eigenvalue weighted by atomic mass is 9.94. The number of hydrogen-bond acceptors (Lipinski definition) is 28. The minimum Gasteiger partial charge on any atom is -0.394 e. The first-order valence-corrected chi connectivity index (χ1v) is 21.8. The molecule has 5 aliphatic heterocycles. The summed E-state index contributed by atoms with van der Waals surface area (Å²) < 4.78 is 56.6. The molecule has 5 fully saturated rings. The third-order valence-corrected chi connectivity index (χ3v) is 12.1. The number of rotatable bonds is 21. The molecule has 0 aromatic heterocycles. The van der Waals surface area contributed by atoms with Crippen molar-refractivity contribution in [2.45, 2.75) is 173 Å². The first-order chi connectivity index (χ1) is 32.7. The highest BCUT2D eigenvalue weighted by atomic mass is 16.8. The molecular weight excluding hydrogens is 946 g/mol. The number of ether oxygens (including phenoxy) is 10. The lowest BCUT2D eigenvalue weighted by Gasteiger charge is -2.49. The van der Waals surface area contributed by atoms with Crippen LogP contribution in [0.1, 0.15) is 13.8 Å². The van der Waals surface area contributed by atoms with Gasteiger partial charge in [0.25, 0.3) is 0 Å². The van der Waals surface area contributed by atoms with Crippen LogP contribution in [0.5, 0.6) is 0 Å². The summed E-state index contributed by atoms with van der Waals surface area (Å²) in [5.74, 6) is -1.47. The van der Waals surface area contributed by atoms with E-state index in [4.69, 9.17) is 47.4 Å². The fraction of sp³-hybridized carbons (Fsp3) is 0.921. The molecule has 0 aliphatic carbocycles. The Morgan fingerprint density at radius 1 is 0.478 bits per heavy atom. The number of hydrogen-bond donors (Lipinski definition) is 18. The van der Waals surface area contributed by atoms with Crippen LogP contribution < -0.4 is 16.0 Å². The van der Waals surface area contributed by atoms with E-state index in [9.17, 15) is 91.0 Å². The zero-order valence-electron chi connectivity index (χ0n) is 37.1. The normalized spacial score (nSPS) is 45.6.